The van der Waals surface area contributed by atoms with Gasteiger partial charge in [-0.05, 0) is 32.2 Å². The standard InChI is InChI=1S/C10H16N2S2/c1-11-4-2-9-6-12-10(14-9)8-3-5-13-7-8/h6,8,11H,2-5,7H2,1H3. The lowest BCUT2D eigenvalue weighted by molar-refractivity contribution is 0.773. The normalized spacial score (nSPS) is 21.6. The average molecular weight is 228 g/mol. The predicted molar refractivity (Wildman–Crippen MR) is 64.4 cm³/mol. The van der Waals surface area contributed by atoms with E-state index in [9.17, 15) is 0 Å². The molecule has 1 aromatic heterocycles. The van der Waals surface area contributed by atoms with Gasteiger partial charge in [0.2, 0.25) is 0 Å². The van der Waals surface area contributed by atoms with Gasteiger partial charge in [0.05, 0.1) is 5.01 Å². The molecule has 1 aliphatic heterocycles. The first-order valence-electron chi connectivity index (χ1n) is 5.07. The number of rotatable bonds is 4. The maximum absolute atomic E-state index is 4.53. The Hall–Kier alpha value is -0.0600. The molecular weight excluding hydrogens is 212 g/mol. The molecule has 1 N–H and O–H groups in total. The number of likely N-dealkylation sites (N-methyl/N-ethyl adjacent to an activating group) is 1. The molecule has 1 atom stereocenters. The van der Waals surface area contributed by atoms with Crippen molar-refractivity contribution in [1.29, 1.82) is 0 Å². The fourth-order valence-electron chi connectivity index (χ4n) is 1.60. The van der Waals surface area contributed by atoms with Crippen LogP contribution >= 0.6 is 23.1 Å². The summed E-state index contributed by atoms with van der Waals surface area (Å²) in [6.07, 6.45) is 4.50. The Morgan fingerprint density at radius 3 is 3.29 bits per heavy atom. The van der Waals surface area contributed by atoms with Crippen LogP contribution in [0.1, 0.15) is 22.2 Å². The molecule has 0 amide bonds. The highest BCUT2D eigenvalue weighted by Gasteiger charge is 2.20. The summed E-state index contributed by atoms with van der Waals surface area (Å²) in [5.41, 5.74) is 0. The van der Waals surface area contributed by atoms with Gasteiger partial charge in [-0.3, -0.25) is 0 Å². The van der Waals surface area contributed by atoms with Crippen molar-refractivity contribution in [2.24, 2.45) is 0 Å². The van der Waals surface area contributed by atoms with E-state index in [1.807, 2.05) is 18.4 Å². The fourth-order valence-corrected chi connectivity index (χ4v) is 3.99. The van der Waals surface area contributed by atoms with Crippen LogP contribution in [-0.4, -0.2) is 30.1 Å². The van der Waals surface area contributed by atoms with E-state index < -0.39 is 0 Å². The van der Waals surface area contributed by atoms with Crippen molar-refractivity contribution >= 4 is 23.1 Å². The second-order valence-corrected chi connectivity index (χ2v) is 5.88. The van der Waals surface area contributed by atoms with Gasteiger partial charge in [-0.1, -0.05) is 0 Å². The van der Waals surface area contributed by atoms with Gasteiger partial charge in [0.25, 0.3) is 0 Å². The van der Waals surface area contributed by atoms with Crippen LogP contribution in [0.4, 0.5) is 0 Å². The largest absolute Gasteiger partial charge is 0.319 e. The van der Waals surface area contributed by atoms with Gasteiger partial charge in [0, 0.05) is 22.7 Å². The van der Waals surface area contributed by atoms with E-state index in [1.54, 1.807) is 0 Å². The van der Waals surface area contributed by atoms with Crippen LogP contribution in [-0.2, 0) is 6.42 Å². The molecule has 1 aromatic rings. The Labute approximate surface area is 93.5 Å². The van der Waals surface area contributed by atoms with E-state index in [0.29, 0.717) is 0 Å². The minimum atomic E-state index is 0.744. The highest BCUT2D eigenvalue weighted by atomic mass is 32.2. The summed E-state index contributed by atoms with van der Waals surface area (Å²) in [6, 6.07) is 0. The van der Waals surface area contributed by atoms with Crippen LogP contribution in [0.5, 0.6) is 0 Å². The summed E-state index contributed by atoms with van der Waals surface area (Å²) >= 11 is 3.96. The molecule has 0 aliphatic carbocycles. The van der Waals surface area contributed by atoms with E-state index in [1.165, 1.54) is 27.8 Å². The number of thiazole rings is 1. The Kier molecular flexibility index (Phi) is 3.84. The van der Waals surface area contributed by atoms with Crippen LogP contribution in [0, 0.1) is 0 Å². The third-order valence-electron chi connectivity index (χ3n) is 2.47. The van der Waals surface area contributed by atoms with Gasteiger partial charge in [0.15, 0.2) is 0 Å². The predicted octanol–water partition coefficient (Wildman–Crippen LogP) is 2.13. The van der Waals surface area contributed by atoms with Gasteiger partial charge in [0.1, 0.15) is 0 Å². The summed E-state index contributed by atoms with van der Waals surface area (Å²) in [4.78, 5) is 5.95. The van der Waals surface area contributed by atoms with Crippen LogP contribution in [0.25, 0.3) is 0 Å². The Morgan fingerprint density at radius 2 is 2.57 bits per heavy atom. The Balaban J connectivity index is 1.94. The topological polar surface area (TPSA) is 24.9 Å². The highest BCUT2D eigenvalue weighted by Crippen LogP contribution is 2.34. The van der Waals surface area contributed by atoms with E-state index in [0.717, 1.165) is 18.9 Å². The third kappa shape index (κ3) is 2.49. The second-order valence-electron chi connectivity index (χ2n) is 3.58. The van der Waals surface area contributed by atoms with Crippen molar-refractivity contribution in [3.05, 3.63) is 16.1 Å². The number of nitrogens with zero attached hydrogens (tertiary/aromatic N) is 1. The molecule has 0 aromatic carbocycles. The molecule has 1 aliphatic rings. The van der Waals surface area contributed by atoms with Crippen molar-refractivity contribution in [3.63, 3.8) is 0 Å². The zero-order valence-corrected chi connectivity index (χ0v) is 10.1. The summed E-state index contributed by atoms with van der Waals surface area (Å²) in [5.74, 6) is 3.34. The zero-order chi connectivity index (χ0) is 9.80. The summed E-state index contributed by atoms with van der Waals surface area (Å²) in [7, 11) is 2.00. The number of thioether (sulfide) groups is 1. The maximum Gasteiger partial charge on any atom is 0.0967 e. The van der Waals surface area contributed by atoms with Crippen LogP contribution in [0.15, 0.2) is 6.20 Å². The van der Waals surface area contributed by atoms with Crippen LogP contribution in [0.3, 0.4) is 0 Å². The third-order valence-corrected chi connectivity index (χ3v) is 4.85. The van der Waals surface area contributed by atoms with E-state index in [4.69, 9.17) is 0 Å². The Morgan fingerprint density at radius 1 is 1.64 bits per heavy atom. The van der Waals surface area contributed by atoms with Crippen molar-refractivity contribution in [3.8, 4) is 0 Å². The molecule has 2 rings (SSSR count). The first kappa shape index (κ1) is 10.5. The number of aromatic nitrogens is 1. The number of hydrogen-bond donors (Lipinski definition) is 1. The lowest BCUT2D eigenvalue weighted by atomic mass is 10.1. The highest BCUT2D eigenvalue weighted by molar-refractivity contribution is 7.99. The molecule has 1 unspecified atom stereocenters. The van der Waals surface area contributed by atoms with Crippen molar-refractivity contribution < 1.29 is 0 Å². The van der Waals surface area contributed by atoms with Gasteiger partial charge < -0.3 is 5.32 Å². The van der Waals surface area contributed by atoms with Crippen molar-refractivity contribution in [1.82, 2.24) is 10.3 Å². The van der Waals surface area contributed by atoms with Gasteiger partial charge in [-0.2, -0.15) is 11.8 Å². The number of hydrogen-bond acceptors (Lipinski definition) is 4. The summed E-state index contributed by atoms with van der Waals surface area (Å²) in [6.45, 7) is 1.06. The SMILES string of the molecule is CNCCc1cnc(C2CCSC2)s1. The second kappa shape index (κ2) is 5.14. The molecule has 0 bridgehead atoms. The van der Waals surface area contributed by atoms with E-state index >= 15 is 0 Å². The minimum absolute atomic E-state index is 0.744. The smallest absolute Gasteiger partial charge is 0.0967 e. The molecular formula is C10H16N2S2. The fraction of sp³-hybridized carbons (Fsp3) is 0.700. The molecule has 0 spiro atoms. The molecule has 78 valence electrons. The van der Waals surface area contributed by atoms with Crippen molar-refractivity contribution in [2.75, 3.05) is 25.1 Å². The molecule has 2 heterocycles. The number of nitrogens with one attached hydrogen (secondary N) is 1. The van der Waals surface area contributed by atoms with Crippen LogP contribution in [0.2, 0.25) is 0 Å². The van der Waals surface area contributed by atoms with Crippen molar-refractivity contribution in [2.45, 2.75) is 18.8 Å². The van der Waals surface area contributed by atoms with Gasteiger partial charge >= 0.3 is 0 Å². The monoisotopic (exact) mass is 228 g/mol. The molecule has 0 radical (unpaired) electrons. The quantitative estimate of drug-likeness (QED) is 0.854. The minimum Gasteiger partial charge on any atom is -0.319 e. The zero-order valence-electron chi connectivity index (χ0n) is 8.45. The van der Waals surface area contributed by atoms with E-state index in [-0.39, 0.29) is 0 Å². The first-order valence-corrected chi connectivity index (χ1v) is 7.04. The van der Waals surface area contributed by atoms with Gasteiger partial charge in [-0.15, -0.1) is 11.3 Å². The molecule has 4 heteroatoms. The van der Waals surface area contributed by atoms with Gasteiger partial charge in [-0.25, -0.2) is 4.98 Å². The molecule has 1 saturated heterocycles. The molecule has 2 nitrogen and oxygen atoms in total. The molecule has 14 heavy (non-hydrogen) atoms. The molecule has 0 saturated carbocycles. The molecule has 1 fully saturated rings. The average Bonchev–Trinajstić information content (AvgIpc) is 2.85. The maximum atomic E-state index is 4.53. The summed E-state index contributed by atoms with van der Waals surface area (Å²) < 4.78 is 0. The summed E-state index contributed by atoms with van der Waals surface area (Å²) in [5, 5.41) is 4.53. The lowest BCUT2D eigenvalue weighted by Gasteiger charge is -2.01. The lowest BCUT2D eigenvalue weighted by Crippen LogP contribution is -2.09. The van der Waals surface area contributed by atoms with E-state index in [2.05, 4.69) is 28.3 Å². The Bertz CT molecular complexity index is 279. The first-order chi connectivity index (χ1) is 6.90. The van der Waals surface area contributed by atoms with Crippen LogP contribution < -0.4 is 5.32 Å².